The van der Waals surface area contributed by atoms with E-state index in [1.807, 2.05) is 49.5 Å². The molecule has 4 N–H and O–H groups in total. The average molecular weight is 680 g/mol. The number of benzene rings is 1. The van der Waals surface area contributed by atoms with Crippen LogP contribution in [0.1, 0.15) is 94.9 Å². The van der Waals surface area contributed by atoms with Crippen LogP contribution in [-0.2, 0) is 30.7 Å². The Bertz CT molecular complexity index is 1180. The number of aromatic nitrogens is 1. The molecule has 0 saturated heterocycles. The molecule has 12 nitrogen and oxygen atoms in total. The predicted molar refractivity (Wildman–Crippen MR) is 183 cm³/mol. The summed E-state index contributed by atoms with van der Waals surface area (Å²) in [6.07, 6.45) is 1.000. The summed E-state index contributed by atoms with van der Waals surface area (Å²) in [5.74, 6) is -1.32. The topological polar surface area (TPSA) is 144 Å². The van der Waals surface area contributed by atoms with Gasteiger partial charge in [-0.2, -0.15) is 10.5 Å². The molecule has 13 heteroatoms. The van der Waals surface area contributed by atoms with Crippen molar-refractivity contribution in [2.45, 2.75) is 105 Å². The molecule has 1 unspecified atom stereocenters. The van der Waals surface area contributed by atoms with Crippen LogP contribution in [-0.4, -0.2) is 72.8 Å². The highest BCUT2D eigenvalue weighted by Crippen LogP contribution is 2.31. The van der Waals surface area contributed by atoms with E-state index in [-0.39, 0.29) is 54.1 Å². The molecule has 266 valence electrons. The summed E-state index contributed by atoms with van der Waals surface area (Å²) in [4.78, 5) is 52.9. The van der Waals surface area contributed by atoms with E-state index in [4.69, 9.17) is 19.5 Å². The molecule has 1 aromatic carbocycles. The lowest BCUT2D eigenvalue weighted by molar-refractivity contribution is -0.320. The molecular formula is C34H57N5O7S. The molecule has 2 rings (SSSR count). The van der Waals surface area contributed by atoms with Crippen molar-refractivity contribution in [1.29, 1.82) is 0 Å². The van der Waals surface area contributed by atoms with Crippen molar-refractivity contribution >= 4 is 23.2 Å². The van der Waals surface area contributed by atoms with Gasteiger partial charge in [0.25, 0.3) is 5.91 Å². The summed E-state index contributed by atoms with van der Waals surface area (Å²) in [6.45, 7) is 14.2. The number of hydroxylamine groups is 3. The van der Waals surface area contributed by atoms with Gasteiger partial charge in [0.2, 0.25) is 0 Å². The number of nitrogens with one attached hydrogen (secondary N) is 3. The minimum Gasteiger partial charge on any atom is -0.481 e. The molecule has 1 amide bonds. The molecular weight excluding hydrogens is 622 g/mol. The second kappa shape index (κ2) is 20.8. The summed E-state index contributed by atoms with van der Waals surface area (Å²) in [6, 6.07) is 9.19. The maximum absolute atomic E-state index is 13.4. The average Bonchev–Trinajstić information content (AvgIpc) is 3.53. The number of amides is 1. The zero-order chi connectivity index (χ0) is 35.1. The standard InChI is InChI=1S/C34H57N5O7S/c1-11-23(6)32(38-44-31(35-8)22(4)5)45-39(9)28(21(2)3)19-29(46-43-10)33-37-27(20-47-33)30(40)36-26(17-24(7)34(41)42)18-25-15-13-12-14-16-25/h12-16,20-24,26,28-29,31-32,35,38H,11,17-19H2,1-10H3,(H,36,40)(H,41,42)/t23-,24?,26+,28+,29+,31-,32-/m0/s1. The molecule has 0 aliphatic rings. The number of nitrogens with zero attached hydrogens (tertiary/aromatic N) is 2. The highest BCUT2D eigenvalue weighted by molar-refractivity contribution is 7.09. The van der Waals surface area contributed by atoms with Gasteiger partial charge in [0, 0.05) is 30.9 Å². The lowest BCUT2D eigenvalue weighted by Gasteiger charge is -2.36. The van der Waals surface area contributed by atoms with Gasteiger partial charge in [-0.3, -0.25) is 24.6 Å². The maximum atomic E-state index is 13.4. The van der Waals surface area contributed by atoms with Crippen LogP contribution in [0.3, 0.4) is 0 Å². The van der Waals surface area contributed by atoms with Gasteiger partial charge >= 0.3 is 5.97 Å². The molecule has 0 fully saturated rings. The molecule has 2 aromatic rings. The van der Waals surface area contributed by atoms with Crippen LogP contribution in [0.4, 0.5) is 0 Å². The third-order valence-electron chi connectivity index (χ3n) is 8.30. The van der Waals surface area contributed by atoms with Gasteiger partial charge in [-0.15, -0.1) is 11.3 Å². The Hall–Kier alpha value is -2.49. The molecule has 47 heavy (non-hydrogen) atoms. The van der Waals surface area contributed by atoms with E-state index in [2.05, 4.69) is 62.6 Å². The summed E-state index contributed by atoms with van der Waals surface area (Å²) in [5.41, 5.74) is 4.38. The fourth-order valence-electron chi connectivity index (χ4n) is 5.16. The Morgan fingerprint density at radius 3 is 2.26 bits per heavy atom. The van der Waals surface area contributed by atoms with Crippen molar-refractivity contribution in [3.63, 3.8) is 0 Å². The van der Waals surface area contributed by atoms with Gasteiger partial charge in [-0.05, 0) is 49.6 Å². The van der Waals surface area contributed by atoms with Crippen molar-refractivity contribution < 1.29 is 34.1 Å². The molecule has 1 heterocycles. The smallest absolute Gasteiger partial charge is 0.306 e. The van der Waals surface area contributed by atoms with Crippen molar-refractivity contribution in [2.75, 3.05) is 21.2 Å². The lowest BCUT2D eigenvalue weighted by atomic mass is 9.96. The van der Waals surface area contributed by atoms with Crippen LogP contribution in [0.2, 0.25) is 0 Å². The molecule has 0 spiro atoms. The van der Waals surface area contributed by atoms with Gasteiger partial charge in [0.05, 0.1) is 13.0 Å². The van der Waals surface area contributed by atoms with E-state index in [9.17, 15) is 14.7 Å². The number of rotatable bonds is 23. The first-order valence-corrected chi connectivity index (χ1v) is 17.4. The normalized spacial score (nSPS) is 16.5. The Balaban J connectivity index is 2.20. The van der Waals surface area contributed by atoms with Crippen molar-refractivity contribution in [3.05, 3.63) is 52.0 Å². The van der Waals surface area contributed by atoms with E-state index >= 15 is 0 Å². The summed E-state index contributed by atoms with van der Waals surface area (Å²) < 4.78 is 0. The van der Waals surface area contributed by atoms with Crippen LogP contribution in [0.25, 0.3) is 0 Å². The number of hydrogen-bond donors (Lipinski definition) is 4. The SMILES string of the molecule is CC[C@H](C)[C@@H](NO[C@H](NC)C(C)C)ON(C)[C@H](C[C@@H](OOC)c1nc(C(=O)N[C@@H](Cc2ccccc2)CC(C)C(=O)O)cs1)C(C)C. The summed E-state index contributed by atoms with van der Waals surface area (Å²) >= 11 is 1.31. The maximum Gasteiger partial charge on any atom is 0.306 e. The van der Waals surface area contributed by atoms with E-state index in [0.29, 0.717) is 17.8 Å². The second-order valence-electron chi connectivity index (χ2n) is 12.9. The van der Waals surface area contributed by atoms with E-state index < -0.39 is 24.2 Å². The predicted octanol–water partition coefficient (Wildman–Crippen LogP) is 5.59. The number of aliphatic carboxylic acids is 1. The zero-order valence-corrected chi connectivity index (χ0v) is 30.5. The number of carboxylic acid groups (broad SMARTS) is 1. The third-order valence-corrected chi connectivity index (χ3v) is 9.23. The van der Waals surface area contributed by atoms with Gasteiger partial charge in [-0.25, -0.2) is 14.8 Å². The molecule has 0 bridgehead atoms. The van der Waals surface area contributed by atoms with Gasteiger partial charge < -0.3 is 10.4 Å². The second-order valence-corrected chi connectivity index (χ2v) is 13.7. The van der Waals surface area contributed by atoms with E-state index in [1.54, 1.807) is 12.3 Å². The fraction of sp³-hybridized carbons (Fsp3) is 0.676. The Kier molecular flexibility index (Phi) is 18.0. The van der Waals surface area contributed by atoms with Crippen molar-refractivity contribution in [3.8, 4) is 0 Å². The molecule has 0 radical (unpaired) electrons. The molecule has 0 aliphatic carbocycles. The number of carbonyl (C=O) groups is 2. The quantitative estimate of drug-likeness (QED) is 0.0663. The highest BCUT2D eigenvalue weighted by atomic mass is 32.1. The molecule has 1 aromatic heterocycles. The van der Waals surface area contributed by atoms with Crippen LogP contribution in [0, 0.1) is 23.7 Å². The largest absolute Gasteiger partial charge is 0.481 e. The van der Waals surface area contributed by atoms with Crippen LogP contribution in [0.15, 0.2) is 35.7 Å². The third kappa shape index (κ3) is 13.5. The van der Waals surface area contributed by atoms with Crippen molar-refractivity contribution in [1.82, 2.24) is 26.2 Å². The molecule has 0 saturated carbocycles. The molecule has 0 aliphatic heterocycles. The Morgan fingerprint density at radius 1 is 1.02 bits per heavy atom. The van der Waals surface area contributed by atoms with Gasteiger partial charge in [-0.1, -0.05) is 78.8 Å². The Labute approximate surface area is 284 Å². The first-order valence-electron chi connectivity index (χ1n) is 16.5. The van der Waals surface area contributed by atoms with E-state index in [1.165, 1.54) is 18.4 Å². The minimum absolute atomic E-state index is 0.109. The monoisotopic (exact) mass is 679 g/mol. The van der Waals surface area contributed by atoms with Crippen molar-refractivity contribution in [2.24, 2.45) is 23.7 Å². The number of carboxylic acids is 1. The minimum atomic E-state index is -0.905. The lowest BCUT2D eigenvalue weighted by Crippen LogP contribution is -2.49. The number of carbonyl (C=O) groups excluding carboxylic acids is 1. The van der Waals surface area contributed by atoms with E-state index in [0.717, 1.165) is 12.0 Å². The van der Waals surface area contributed by atoms with Gasteiger partial charge in [0.15, 0.2) is 6.23 Å². The fourth-order valence-corrected chi connectivity index (χ4v) is 5.99. The zero-order valence-electron chi connectivity index (χ0n) is 29.7. The highest BCUT2D eigenvalue weighted by Gasteiger charge is 2.32. The van der Waals surface area contributed by atoms with Crippen LogP contribution < -0.4 is 16.1 Å². The number of hydrogen-bond acceptors (Lipinski definition) is 11. The van der Waals surface area contributed by atoms with Gasteiger partial charge in [0.1, 0.15) is 23.0 Å². The van der Waals surface area contributed by atoms with Crippen LogP contribution in [0.5, 0.6) is 0 Å². The Morgan fingerprint density at radius 2 is 1.70 bits per heavy atom. The molecule has 7 atom stereocenters. The number of thiazole rings is 1. The summed E-state index contributed by atoms with van der Waals surface area (Å²) in [5, 5.41) is 19.8. The summed E-state index contributed by atoms with van der Waals surface area (Å²) in [7, 11) is 5.21. The van der Waals surface area contributed by atoms with Crippen LogP contribution >= 0.6 is 11.3 Å². The first-order chi connectivity index (χ1) is 22.3. The first kappa shape index (κ1) is 40.7.